The van der Waals surface area contributed by atoms with Gasteiger partial charge in [0.1, 0.15) is 11.8 Å². The zero-order valence-electron chi connectivity index (χ0n) is 15.1. The van der Waals surface area contributed by atoms with E-state index in [1.807, 2.05) is 0 Å². The fourth-order valence-electron chi connectivity index (χ4n) is 2.11. The first kappa shape index (κ1) is 21.9. The summed E-state index contributed by atoms with van der Waals surface area (Å²) in [5.41, 5.74) is 0.525. The van der Waals surface area contributed by atoms with Crippen molar-refractivity contribution in [2.75, 3.05) is 19.0 Å². The van der Waals surface area contributed by atoms with Crippen molar-refractivity contribution in [3.8, 4) is 5.75 Å². The summed E-state index contributed by atoms with van der Waals surface area (Å²) >= 11 is 3.29. The number of carbonyl (C=O) groups is 2. The molecule has 1 unspecified atom stereocenters. The first-order valence-corrected chi connectivity index (χ1v) is 10.4. The average molecular weight is 471 g/mol. The molecule has 1 amide bonds. The Morgan fingerprint density at radius 1 is 1.11 bits per heavy atom. The Bertz CT molecular complexity index is 947. The van der Waals surface area contributed by atoms with Crippen LogP contribution in [-0.2, 0) is 24.3 Å². The number of sulfonamides is 1. The van der Waals surface area contributed by atoms with Gasteiger partial charge in [-0.15, -0.1) is 0 Å². The van der Waals surface area contributed by atoms with Crippen LogP contribution in [0.4, 0.5) is 5.69 Å². The maximum Gasteiger partial charge on any atom is 0.324 e. The molecule has 0 spiro atoms. The summed E-state index contributed by atoms with van der Waals surface area (Å²) < 4.78 is 37.4. The molecule has 0 aromatic heterocycles. The Labute approximate surface area is 171 Å². The number of carbonyl (C=O) groups excluding carboxylic acids is 2. The van der Waals surface area contributed by atoms with Crippen LogP contribution < -0.4 is 14.8 Å². The molecule has 0 fully saturated rings. The predicted molar refractivity (Wildman–Crippen MR) is 107 cm³/mol. The van der Waals surface area contributed by atoms with E-state index in [-0.39, 0.29) is 4.90 Å². The summed E-state index contributed by atoms with van der Waals surface area (Å²) in [6.07, 6.45) is 0. The van der Waals surface area contributed by atoms with Crippen molar-refractivity contribution < 1.29 is 27.5 Å². The number of methoxy groups -OCH3 is 1. The van der Waals surface area contributed by atoms with Crippen LogP contribution in [0, 0.1) is 0 Å². The lowest BCUT2D eigenvalue weighted by atomic mass is 10.3. The van der Waals surface area contributed by atoms with Gasteiger partial charge in [0.05, 0.1) is 17.7 Å². The molecule has 150 valence electrons. The summed E-state index contributed by atoms with van der Waals surface area (Å²) in [7, 11) is -2.47. The Balaban J connectivity index is 1.89. The van der Waals surface area contributed by atoms with E-state index in [0.717, 1.165) is 0 Å². The summed E-state index contributed by atoms with van der Waals surface area (Å²) in [4.78, 5) is 23.9. The van der Waals surface area contributed by atoms with E-state index < -0.39 is 34.5 Å². The normalized spacial score (nSPS) is 12.1. The minimum Gasteiger partial charge on any atom is -0.497 e. The van der Waals surface area contributed by atoms with Crippen molar-refractivity contribution in [2.45, 2.75) is 17.9 Å². The molecule has 0 bridgehead atoms. The van der Waals surface area contributed by atoms with Gasteiger partial charge in [0.15, 0.2) is 6.61 Å². The molecule has 0 saturated carbocycles. The number of hydrogen-bond acceptors (Lipinski definition) is 6. The number of esters is 1. The van der Waals surface area contributed by atoms with Crippen LogP contribution in [-0.4, -0.2) is 40.1 Å². The third-order valence-corrected chi connectivity index (χ3v) is 5.80. The molecule has 2 N–H and O–H groups in total. The monoisotopic (exact) mass is 470 g/mol. The molecule has 0 heterocycles. The lowest BCUT2D eigenvalue weighted by Gasteiger charge is -2.14. The Hall–Kier alpha value is -2.43. The highest BCUT2D eigenvalue weighted by molar-refractivity contribution is 9.10. The highest BCUT2D eigenvalue weighted by Crippen LogP contribution is 2.21. The zero-order valence-corrected chi connectivity index (χ0v) is 17.5. The second-order valence-corrected chi connectivity index (χ2v) is 8.22. The topological polar surface area (TPSA) is 111 Å². The second kappa shape index (κ2) is 9.67. The number of anilines is 1. The predicted octanol–water partition coefficient (Wildman–Crippen LogP) is 2.31. The van der Waals surface area contributed by atoms with Crippen LogP contribution in [0.3, 0.4) is 0 Å². The van der Waals surface area contributed by atoms with Crippen LogP contribution in [0.25, 0.3) is 0 Å². The number of amides is 1. The molecule has 28 heavy (non-hydrogen) atoms. The van der Waals surface area contributed by atoms with Gasteiger partial charge in [-0.1, -0.05) is 12.1 Å². The van der Waals surface area contributed by atoms with Crippen LogP contribution in [0.15, 0.2) is 57.9 Å². The number of hydrogen-bond donors (Lipinski definition) is 2. The minimum atomic E-state index is -3.94. The number of halogens is 1. The number of benzene rings is 2. The Kier molecular flexibility index (Phi) is 7.55. The molecule has 0 radical (unpaired) electrons. The number of nitrogens with one attached hydrogen (secondary N) is 2. The van der Waals surface area contributed by atoms with Crippen molar-refractivity contribution >= 4 is 43.5 Å². The average Bonchev–Trinajstić information content (AvgIpc) is 2.67. The van der Waals surface area contributed by atoms with E-state index in [9.17, 15) is 18.0 Å². The van der Waals surface area contributed by atoms with E-state index in [2.05, 4.69) is 26.0 Å². The molecule has 0 aliphatic rings. The zero-order chi connectivity index (χ0) is 20.7. The first-order valence-electron chi connectivity index (χ1n) is 8.10. The molecule has 2 rings (SSSR count). The molecule has 2 aromatic rings. The van der Waals surface area contributed by atoms with E-state index >= 15 is 0 Å². The molecule has 0 aliphatic heterocycles. The van der Waals surface area contributed by atoms with E-state index in [1.54, 1.807) is 24.3 Å². The molecule has 0 aliphatic carbocycles. The fourth-order valence-corrected chi connectivity index (χ4v) is 3.69. The van der Waals surface area contributed by atoms with E-state index in [1.165, 1.54) is 38.3 Å². The van der Waals surface area contributed by atoms with Gasteiger partial charge in [-0.2, -0.15) is 4.72 Å². The Morgan fingerprint density at radius 3 is 2.36 bits per heavy atom. The molecule has 1 atom stereocenters. The second-order valence-electron chi connectivity index (χ2n) is 5.65. The quantitative estimate of drug-likeness (QED) is 0.572. The lowest BCUT2D eigenvalue weighted by Crippen LogP contribution is -2.40. The smallest absolute Gasteiger partial charge is 0.324 e. The highest BCUT2D eigenvalue weighted by Gasteiger charge is 2.23. The third-order valence-electron chi connectivity index (χ3n) is 3.55. The van der Waals surface area contributed by atoms with Crippen LogP contribution in [0.1, 0.15) is 6.92 Å². The lowest BCUT2D eigenvalue weighted by molar-refractivity contribution is -0.148. The van der Waals surface area contributed by atoms with E-state index in [4.69, 9.17) is 9.47 Å². The highest BCUT2D eigenvalue weighted by atomic mass is 79.9. The van der Waals surface area contributed by atoms with Gasteiger partial charge in [-0.3, -0.25) is 9.59 Å². The van der Waals surface area contributed by atoms with Crippen molar-refractivity contribution in [1.29, 1.82) is 0 Å². The van der Waals surface area contributed by atoms with Crippen LogP contribution >= 0.6 is 15.9 Å². The van der Waals surface area contributed by atoms with Crippen LogP contribution in [0.5, 0.6) is 5.75 Å². The van der Waals surface area contributed by atoms with Crippen molar-refractivity contribution in [3.05, 3.63) is 53.0 Å². The molecular weight excluding hydrogens is 452 g/mol. The van der Waals surface area contributed by atoms with Gasteiger partial charge in [-0.05, 0) is 59.3 Å². The standard InChI is InChI=1S/C18H19BrN2O6S/c1-12(21-28(24,25)14-9-7-13(26-2)8-10-14)18(23)27-11-17(22)20-16-6-4-3-5-15(16)19/h3-10,12,21H,11H2,1-2H3,(H,20,22). The fraction of sp³-hybridized carbons (Fsp3) is 0.222. The molecular formula is C18H19BrN2O6S. The van der Waals surface area contributed by atoms with Gasteiger partial charge < -0.3 is 14.8 Å². The van der Waals surface area contributed by atoms with Gasteiger partial charge >= 0.3 is 5.97 Å². The van der Waals surface area contributed by atoms with Gasteiger partial charge in [0, 0.05) is 4.47 Å². The molecule has 2 aromatic carbocycles. The van der Waals surface area contributed by atoms with Crippen molar-refractivity contribution in [1.82, 2.24) is 4.72 Å². The van der Waals surface area contributed by atoms with Gasteiger partial charge in [0.25, 0.3) is 5.91 Å². The molecule has 0 saturated heterocycles. The largest absolute Gasteiger partial charge is 0.497 e. The van der Waals surface area contributed by atoms with Crippen LogP contribution in [0.2, 0.25) is 0 Å². The summed E-state index contributed by atoms with van der Waals surface area (Å²) in [6.45, 7) is 0.782. The molecule has 10 heteroatoms. The minimum absolute atomic E-state index is 0.0281. The first-order chi connectivity index (χ1) is 13.2. The van der Waals surface area contributed by atoms with Gasteiger partial charge in [-0.25, -0.2) is 8.42 Å². The number of para-hydroxylation sites is 1. The molecule has 8 nitrogen and oxygen atoms in total. The van der Waals surface area contributed by atoms with Gasteiger partial charge in [0.2, 0.25) is 10.0 Å². The van der Waals surface area contributed by atoms with Crippen molar-refractivity contribution in [3.63, 3.8) is 0 Å². The third kappa shape index (κ3) is 6.04. The van der Waals surface area contributed by atoms with Crippen molar-refractivity contribution in [2.24, 2.45) is 0 Å². The number of ether oxygens (including phenoxy) is 2. The Morgan fingerprint density at radius 2 is 1.75 bits per heavy atom. The summed E-state index contributed by atoms with van der Waals surface area (Å²) in [5.74, 6) is -0.924. The maximum absolute atomic E-state index is 12.3. The van der Waals surface area contributed by atoms with E-state index in [0.29, 0.717) is 15.9 Å². The summed E-state index contributed by atoms with van der Waals surface area (Å²) in [5, 5.41) is 2.58. The SMILES string of the molecule is COc1ccc(S(=O)(=O)NC(C)C(=O)OCC(=O)Nc2ccccc2Br)cc1. The number of rotatable bonds is 8. The maximum atomic E-state index is 12.3. The summed E-state index contributed by atoms with van der Waals surface area (Å²) in [6, 6.07) is 11.5.